The highest BCUT2D eigenvalue weighted by molar-refractivity contribution is 7.46. The van der Waals surface area contributed by atoms with Gasteiger partial charge in [-0.25, -0.2) is 4.57 Å². The molecule has 1 atom stereocenters. The van der Waals surface area contributed by atoms with Gasteiger partial charge in [0.1, 0.15) is 18.5 Å². The molecule has 0 saturated heterocycles. The first-order chi connectivity index (χ1) is 7.47. The van der Waals surface area contributed by atoms with Crippen molar-refractivity contribution in [2.75, 3.05) is 13.2 Å². The van der Waals surface area contributed by atoms with Crippen LogP contribution in [-0.2, 0) is 9.09 Å². The molecule has 1 aromatic rings. The number of phosphoric acid groups is 1. The smallest absolute Gasteiger partial charge is 0.469 e. The third-order valence-corrected chi connectivity index (χ3v) is 2.11. The Morgan fingerprint density at radius 1 is 1.19 bits per heavy atom. The van der Waals surface area contributed by atoms with Crippen LogP contribution in [-0.4, -0.2) is 34.2 Å². The Labute approximate surface area is 92.7 Å². The molecule has 0 bridgehead atoms. The van der Waals surface area contributed by atoms with Crippen molar-refractivity contribution in [3.05, 3.63) is 30.3 Å². The Balaban J connectivity index is 2.25. The predicted molar refractivity (Wildman–Crippen MR) is 55.9 cm³/mol. The summed E-state index contributed by atoms with van der Waals surface area (Å²) in [5, 5.41) is 9.28. The highest BCUT2D eigenvalue weighted by Crippen LogP contribution is 2.35. The maximum atomic E-state index is 10.3. The summed E-state index contributed by atoms with van der Waals surface area (Å²) in [4.78, 5) is 16.8. The molecule has 1 rings (SSSR count). The topological polar surface area (TPSA) is 96.2 Å². The minimum Gasteiger partial charge on any atom is -0.491 e. The standard InChI is InChI=1S/C9H13O6P/c10-8(7-15-16(11,12)13)6-14-9-4-2-1-3-5-9/h1-5,8,10H,6-7H2,(H2,11,12,13). The van der Waals surface area contributed by atoms with Crippen molar-refractivity contribution in [2.24, 2.45) is 0 Å². The Morgan fingerprint density at radius 3 is 2.38 bits per heavy atom. The molecular formula is C9H13O6P. The number of benzene rings is 1. The summed E-state index contributed by atoms with van der Waals surface area (Å²) in [5.41, 5.74) is 0. The minimum atomic E-state index is -4.53. The molecule has 7 heteroatoms. The second-order valence-corrected chi connectivity index (χ2v) is 4.30. The number of phosphoric ester groups is 1. The van der Waals surface area contributed by atoms with Crippen LogP contribution < -0.4 is 4.74 Å². The van der Waals surface area contributed by atoms with Crippen molar-refractivity contribution in [2.45, 2.75) is 6.10 Å². The second kappa shape index (κ2) is 5.98. The number of hydrogen-bond acceptors (Lipinski definition) is 4. The van der Waals surface area contributed by atoms with E-state index in [1.54, 1.807) is 24.3 Å². The van der Waals surface area contributed by atoms with Gasteiger partial charge in [-0.05, 0) is 12.1 Å². The zero-order valence-corrected chi connectivity index (χ0v) is 9.29. The number of ether oxygens (including phenoxy) is 1. The lowest BCUT2D eigenvalue weighted by molar-refractivity contribution is 0.0496. The molecule has 0 amide bonds. The van der Waals surface area contributed by atoms with E-state index in [4.69, 9.17) is 14.5 Å². The van der Waals surface area contributed by atoms with Gasteiger partial charge in [-0.15, -0.1) is 0 Å². The first-order valence-corrected chi connectivity index (χ1v) is 6.06. The van der Waals surface area contributed by atoms with Gasteiger partial charge in [0.05, 0.1) is 6.61 Å². The molecule has 90 valence electrons. The number of para-hydroxylation sites is 1. The third kappa shape index (κ3) is 5.85. The summed E-state index contributed by atoms with van der Waals surface area (Å²) in [7, 11) is -4.53. The lowest BCUT2D eigenvalue weighted by atomic mass is 10.3. The molecule has 3 N–H and O–H groups in total. The Hall–Kier alpha value is -0.910. The maximum absolute atomic E-state index is 10.3. The summed E-state index contributed by atoms with van der Waals surface area (Å²) in [6.45, 7) is -0.568. The van der Waals surface area contributed by atoms with E-state index in [0.717, 1.165) is 0 Å². The molecule has 1 aromatic carbocycles. The number of aliphatic hydroxyl groups is 1. The average Bonchev–Trinajstić information content (AvgIpc) is 2.24. The highest BCUT2D eigenvalue weighted by atomic mass is 31.2. The minimum absolute atomic E-state index is 0.0932. The van der Waals surface area contributed by atoms with Crippen molar-refractivity contribution in [3.63, 3.8) is 0 Å². The summed E-state index contributed by atoms with van der Waals surface area (Å²) in [6.07, 6.45) is -1.09. The summed E-state index contributed by atoms with van der Waals surface area (Å²) < 4.78 is 19.6. The quantitative estimate of drug-likeness (QED) is 0.636. The first-order valence-electron chi connectivity index (χ1n) is 4.53. The monoisotopic (exact) mass is 248 g/mol. The van der Waals surface area contributed by atoms with Gasteiger partial charge in [-0.1, -0.05) is 18.2 Å². The zero-order valence-electron chi connectivity index (χ0n) is 8.39. The normalized spacial score (nSPS) is 13.4. The Bertz CT molecular complexity index is 348. The molecule has 0 heterocycles. The van der Waals surface area contributed by atoms with Crippen LogP contribution in [0.1, 0.15) is 0 Å². The van der Waals surface area contributed by atoms with Gasteiger partial charge in [0.2, 0.25) is 0 Å². The van der Waals surface area contributed by atoms with Crippen LogP contribution in [0.5, 0.6) is 5.75 Å². The van der Waals surface area contributed by atoms with Gasteiger partial charge >= 0.3 is 7.82 Å². The summed E-state index contributed by atoms with van der Waals surface area (Å²) >= 11 is 0. The summed E-state index contributed by atoms with van der Waals surface area (Å²) in [6, 6.07) is 8.77. The van der Waals surface area contributed by atoms with Crippen LogP contribution in [0.4, 0.5) is 0 Å². The third-order valence-electron chi connectivity index (χ3n) is 1.62. The van der Waals surface area contributed by atoms with Gasteiger partial charge in [0, 0.05) is 0 Å². The van der Waals surface area contributed by atoms with Crippen LogP contribution in [0.25, 0.3) is 0 Å². The van der Waals surface area contributed by atoms with Gasteiger partial charge in [-0.2, -0.15) is 0 Å². The van der Waals surface area contributed by atoms with E-state index in [9.17, 15) is 9.67 Å². The first kappa shape index (κ1) is 13.2. The zero-order chi connectivity index (χ0) is 12.0. The molecule has 1 unspecified atom stereocenters. The molecular weight excluding hydrogens is 235 g/mol. The predicted octanol–water partition coefficient (Wildman–Crippen LogP) is 0.536. The van der Waals surface area contributed by atoms with E-state index in [0.29, 0.717) is 5.75 Å². The lowest BCUT2D eigenvalue weighted by Gasteiger charge is -2.12. The molecule has 16 heavy (non-hydrogen) atoms. The van der Waals surface area contributed by atoms with E-state index < -0.39 is 20.5 Å². The van der Waals surface area contributed by atoms with Crippen LogP contribution in [0.3, 0.4) is 0 Å². The van der Waals surface area contributed by atoms with Gasteiger partial charge in [-0.3, -0.25) is 4.52 Å². The number of aliphatic hydroxyl groups excluding tert-OH is 1. The molecule has 0 radical (unpaired) electrons. The molecule has 6 nitrogen and oxygen atoms in total. The fourth-order valence-corrected chi connectivity index (χ4v) is 1.31. The van der Waals surface area contributed by atoms with E-state index in [1.165, 1.54) is 0 Å². The van der Waals surface area contributed by atoms with Gasteiger partial charge in [0.15, 0.2) is 0 Å². The fraction of sp³-hybridized carbons (Fsp3) is 0.333. The van der Waals surface area contributed by atoms with E-state index in [1.807, 2.05) is 6.07 Å². The Morgan fingerprint density at radius 2 is 1.81 bits per heavy atom. The van der Waals surface area contributed by atoms with E-state index in [2.05, 4.69) is 4.52 Å². The van der Waals surface area contributed by atoms with Crippen molar-refractivity contribution >= 4 is 7.82 Å². The molecule has 0 aliphatic rings. The fourth-order valence-electron chi connectivity index (χ4n) is 0.940. The largest absolute Gasteiger partial charge is 0.491 e. The molecule has 0 aliphatic heterocycles. The van der Waals surface area contributed by atoms with Crippen LogP contribution >= 0.6 is 7.82 Å². The molecule has 0 aromatic heterocycles. The SMILES string of the molecule is O=P(O)(O)OCC(O)COc1ccccc1. The highest BCUT2D eigenvalue weighted by Gasteiger charge is 2.16. The van der Waals surface area contributed by atoms with E-state index >= 15 is 0 Å². The van der Waals surface area contributed by atoms with Crippen LogP contribution in [0.15, 0.2) is 30.3 Å². The number of hydrogen-bond donors (Lipinski definition) is 3. The van der Waals surface area contributed by atoms with Gasteiger partial charge in [0.25, 0.3) is 0 Å². The van der Waals surface area contributed by atoms with Crippen molar-refractivity contribution < 1.29 is 28.7 Å². The molecule has 0 aliphatic carbocycles. The Kier molecular flexibility index (Phi) is 4.92. The van der Waals surface area contributed by atoms with Crippen molar-refractivity contribution in [1.82, 2.24) is 0 Å². The molecule has 0 saturated carbocycles. The van der Waals surface area contributed by atoms with Crippen molar-refractivity contribution in [3.8, 4) is 5.75 Å². The maximum Gasteiger partial charge on any atom is 0.469 e. The van der Waals surface area contributed by atoms with Crippen molar-refractivity contribution in [1.29, 1.82) is 0 Å². The molecule has 0 spiro atoms. The summed E-state index contributed by atoms with van der Waals surface area (Å²) in [5.74, 6) is 0.567. The van der Waals surface area contributed by atoms with Gasteiger partial charge < -0.3 is 19.6 Å². The lowest BCUT2D eigenvalue weighted by Crippen LogP contribution is -2.22. The average molecular weight is 248 g/mol. The molecule has 0 fully saturated rings. The second-order valence-electron chi connectivity index (χ2n) is 3.06. The van der Waals surface area contributed by atoms with E-state index in [-0.39, 0.29) is 6.61 Å². The van der Waals surface area contributed by atoms with Crippen LogP contribution in [0, 0.1) is 0 Å². The van der Waals surface area contributed by atoms with Crippen LogP contribution in [0.2, 0.25) is 0 Å². The number of rotatable bonds is 6.